The van der Waals surface area contributed by atoms with E-state index in [1.54, 1.807) is 0 Å². The Bertz CT molecular complexity index is 507. The van der Waals surface area contributed by atoms with Gasteiger partial charge in [0.05, 0.1) is 12.7 Å². The summed E-state index contributed by atoms with van der Waals surface area (Å²) < 4.78 is 11.7. The molecule has 0 spiro atoms. The Hall–Kier alpha value is -1.39. The van der Waals surface area contributed by atoms with Crippen LogP contribution in [0.5, 0.6) is 0 Å². The number of carbonyl (C=O) groups excluding carboxylic acids is 1. The summed E-state index contributed by atoms with van der Waals surface area (Å²) in [5.41, 5.74) is 0.968. The zero-order chi connectivity index (χ0) is 16.8. The molecule has 3 rings (SSSR count). The Morgan fingerprint density at radius 2 is 2.00 bits per heavy atom. The van der Waals surface area contributed by atoms with Crippen LogP contribution in [0.15, 0.2) is 30.3 Å². The van der Waals surface area contributed by atoms with E-state index in [1.807, 2.05) is 42.2 Å². The van der Waals surface area contributed by atoms with E-state index in [-0.39, 0.29) is 12.0 Å². The van der Waals surface area contributed by atoms with Gasteiger partial charge in [-0.2, -0.15) is 0 Å². The Morgan fingerprint density at radius 1 is 1.25 bits per heavy atom. The van der Waals surface area contributed by atoms with Crippen molar-refractivity contribution >= 4 is 5.91 Å². The van der Waals surface area contributed by atoms with Crippen LogP contribution < -0.4 is 0 Å². The summed E-state index contributed by atoms with van der Waals surface area (Å²) in [6, 6.07) is 9.95. The van der Waals surface area contributed by atoms with Crippen molar-refractivity contribution in [3.63, 3.8) is 0 Å². The van der Waals surface area contributed by atoms with E-state index in [9.17, 15) is 4.79 Å². The number of rotatable bonds is 7. The van der Waals surface area contributed by atoms with E-state index in [2.05, 4.69) is 0 Å². The van der Waals surface area contributed by atoms with Gasteiger partial charge in [-0.05, 0) is 31.7 Å². The monoisotopic (exact) mass is 331 g/mol. The molecule has 4 heteroatoms. The molecule has 1 saturated carbocycles. The van der Waals surface area contributed by atoms with Crippen LogP contribution in [0.4, 0.5) is 0 Å². The number of nitrogens with zero attached hydrogens (tertiary/aromatic N) is 1. The van der Waals surface area contributed by atoms with Crippen molar-refractivity contribution in [2.45, 2.75) is 51.2 Å². The first-order chi connectivity index (χ1) is 11.8. The highest BCUT2D eigenvalue weighted by Crippen LogP contribution is 2.29. The van der Waals surface area contributed by atoms with E-state index < -0.39 is 6.10 Å². The van der Waals surface area contributed by atoms with E-state index >= 15 is 0 Å². The number of hydrogen-bond donors (Lipinski definition) is 0. The van der Waals surface area contributed by atoms with Gasteiger partial charge in [0.15, 0.2) is 6.10 Å². The van der Waals surface area contributed by atoms with Crippen LogP contribution in [0.2, 0.25) is 0 Å². The maximum absolute atomic E-state index is 13.2. The minimum absolute atomic E-state index is 0.0995. The lowest BCUT2D eigenvalue weighted by atomic mass is 10.1. The van der Waals surface area contributed by atoms with Gasteiger partial charge in [0.2, 0.25) is 0 Å². The van der Waals surface area contributed by atoms with Gasteiger partial charge in [-0.15, -0.1) is 0 Å². The fourth-order valence-corrected chi connectivity index (χ4v) is 3.70. The number of benzene rings is 1. The highest BCUT2D eigenvalue weighted by atomic mass is 16.5. The van der Waals surface area contributed by atoms with Crippen LogP contribution >= 0.6 is 0 Å². The van der Waals surface area contributed by atoms with E-state index in [1.165, 1.54) is 12.8 Å². The molecular formula is C20H29NO3. The van der Waals surface area contributed by atoms with Crippen LogP contribution in [0.3, 0.4) is 0 Å². The molecule has 0 N–H and O–H groups in total. The lowest BCUT2D eigenvalue weighted by molar-refractivity contribution is -0.148. The average molecular weight is 331 g/mol. The average Bonchev–Trinajstić information content (AvgIpc) is 3.31. The molecule has 0 bridgehead atoms. The molecule has 1 aliphatic carbocycles. The molecule has 4 nitrogen and oxygen atoms in total. The van der Waals surface area contributed by atoms with Crippen LogP contribution in [-0.4, -0.2) is 43.2 Å². The second-order valence-corrected chi connectivity index (χ2v) is 6.94. The second kappa shape index (κ2) is 8.63. The van der Waals surface area contributed by atoms with Gasteiger partial charge in [-0.1, -0.05) is 43.2 Å². The summed E-state index contributed by atoms with van der Waals surface area (Å²) in [6.45, 7) is 5.12. The summed E-state index contributed by atoms with van der Waals surface area (Å²) in [5, 5.41) is 0. The smallest absolute Gasteiger partial charge is 0.256 e. The largest absolute Gasteiger partial charge is 0.381 e. The first-order valence-electron chi connectivity index (χ1n) is 9.35. The summed E-state index contributed by atoms with van der Waals surface area (Å²) >= 11 is 0. The molecule has 0 unspecified atom stereocenters. The van der Waals surface area contributed by atoms with Crippen molar-refractivity contribution in [3.8, 4) is 0 Å². The van der Waals surface area contributed by atoms with Crippen molar-refractivity contribution in [1.29, 1.82) is 0 Å². The predicted octanol–water partition coefficient (Wildman–Crippen LogP) is 3.57. The third-order valence-electron chi connectivity index (χ3n) is 5.15. The molecule has 24 heavy (non-hydrogen) atoms. The molecule has 1 aromatic carbocycles. The van der Waals surface area contributed by atoms with Crippen LogP contribution in [0.25, 0.3) is 0 Å². The number of carbonyl (C=O) groups is 1. The molecule has 1 aliphatic heterocycles. The Labute approximate surface area is 145 Å². The van der Waals surface area contributed by atoms with Crippen molar-refractivity contribution in [2.24, 2.45) is 5.92 Å². The van der Waals surface area contributed by atoms with E-state index in [4.69, 9.17) is 9.47 Å². The zero-order valence-electron chi connectivity index (χ0n) is 14.7. The number of likely N-dealkylation sites (N-methyl/N-ethyl adjacent to an activating group) is 1. The van der Waals surface area contributed by atoms with Crippen molar-refractivity contribution in [2.75, 3.05) is 26.3 Å². The van der Waals surface area contributed by atoms with Crippen molar-refractivity contribution in [1.82, 2.24) is 4.90 Å². The number of ether oxygens (including phenoxy) is 2. The standard InChI is InChI=1S/C20H29NO3/c1-2-21(14-16-12-13-23-15-16)20(22)19(17-8-4-3-5-9-17)24-18-10-6-7-11-18/h3-5,8-9,16,18-19H,2,6-7,10-15H2,1H3/t16-,19-/m0/s1. The molecule has 1 aromatic rings. The lowest BCUT2D eigenvalue weighted by Crippen LogP contribution is -2.40. The predicted molar refractivity (Wildman–Crippen MR) is 93.7 cm³/mol. The topological polar surface area (TPSA) is 38.8 Å². The van der Waals surface area contributed by atoms with E-state index in [0.29, 0.717) is 12.5 Å². The summed E-state index contributed by atoms with van der Waals surface area (Å²) in [4.78, 5) is 15.2. The van der Waals surface area contributed by atoms with Gasteiger partial charge in [0, 0.05) is 25.6 Å². The SMILES string of the molecule is CCN(C[C@@H]1CCOC1)C(=O)[C@@H](OC1CCCC1)c1ccccc1. The summed E-state index contributed by atoms with van der Waals surface area (Å²) in [5.74, 6) is 0.555. The van der Waals surface area contributed by atoms with Gasteiger partial charge in [-0.3, -0.25) is 4.79 Å². The molecular weight excluding hydrogens is 302 g/mol. The quantitative estimate of drug-likeness (QED) is 0.767. The van der Waals surface area contributed by atoms with Gasteiger partial charge in [0.1, 0.15) is 0 Å². The molecule has 0 radical (unpaired) electrons. The summed E-state index contributed by atoms with van der Waals surface area (Å²) in [7, 11) is 0. The maximum Gasteiger partial charge on any atom is 0.256 e. The zero-order valence-corrected chi connectivity index (χ0v) is 14.7. The van der Waals surface area contributed by atoms with Crippen LogP contribution in [0.1, 0.15) is 50.7 Å². The first-order valence-corrected chi connectivity index (χ1v) is 9.35. The van der Waals surface area contributed by atoms with Crippen LogP contribution in [0, 0.1) is 5.92 Å². The van der Waals surface area contributed by atoms with Gasteiger partial charge in [0.25, 0.3) is 5.91 Å². The third-order valence-corrected chi connectivity index (χ3v) is 5.15. The van der Waals surface area contributed by atoms with Crippen molar-refractivity contribution in [3.05, 3.63) is 35.9 Å². The molecule has 1 amide bonds. The fraction of sp³-hybridized carbons (Fsp3) is 0.650. The normalized spacial score (nSPS) is 22.6. The molecule has 2 fully saturated rings. The lowest BCUT2D eigenvalue weighted by Gasteiger charge is -2.30. The highest BCUT2D eigenvalue weighted by molar-refractivity contribution is 5.82. The summed E-state index contributed by atoms with van der Waals surface area (Å²) in [6.07, 6.45) is 5.33. The van der Waals surface area contributed by atoms with Crippen LogP contribution in [-0.2, 0) is 14.3 Å². The van der Waals surface area contributed by atoms with Gasteiger partial charge < -0.3 is 14.4 Å². The Morgan fingerprint density at radius 3 is 2.62 bits per heavy atom. The second-order valence-electron chi connectivity index (χ2n) is 6.94. The molecule has 2 atom stereocenters. The van der Waals surface area contributed by atoms with Gasteiger partial charge in [-0.25, -0.2) is 0 Å². The molecule has 1 heterocycles. The molecule has 2 aliphatic rings. The fourth-order valence-electron chi connectivity index (χ4n) is 3.70. The Balaban J connectivity index is 1.73. The number of hydrogen-bond acceptors (Lipinski definition) is 3. The highest BCUT2D eigenvalue weighted by Gasteiger charge is 2.31. The first kappa shape index (κ1) is 17.4. The molecule has 0 aromatic heterocycles. The van der Waals surface area contributed by atoms with E-state index in [0.717, 1.165) is 44.6 Å². The molecule has 132 valence electrons. The molecule has 1 saturated heterocycles. The maximum atomic E-state index is 13.2. The number of amides is 1. The minimum Gasteiger partial charge on any atom is -0.381 e. The van der Waals surface area contributed by atoms with Gasteiger partial charge >= 0.3 is 0 Å². The Kier molecular flexibility index (Phi) is 6.27. The third kappa shape index (κ3) is 4.37. The van der Waals surface area contributed by atoms with Crippen molar-refractivity contribution < 1.29 is 14.3 Å². The minimum atomic E-state index is -0.475.